The summed E-state index contributed by atoms with van der Waals surface area (Å²) in [5, 5.41) is 3.96. The van der Waals surface area contributed by atoms with Crippen LogP contribution in [0, 0.1) is 18.6 Å². The van der Waals surface area contributed by atoms with Gasteiger partial charge in [0.05, 0.1) is 5.69 Å². The Kier molecular flexibility index (Phi) is 3.39. The smallest absolute Gasteiger partial charge is 0.210 e. The molecule has 2 aromatic rings. The van der Waals surface area contributed by atoms with E-state index < -0.39 is 17.1 Å². The summed E-state index contributed by atoms with van der Waals surface area (Å²) in [5.41, 5.74) is 5.61. The molecular formula is C12H9F2N3OS. The number of nitrogens with zero attached hydrogens (tertiary/aromatic N) is 2. The molecular weight excluding hydrogens is 272 g/mol. The number of rotatable bonds is 2. The van der Waals surface area contributed by atoms with Gasteiger partial charge in [0.1, 0.15) is 4.99 Å². The number of benzene rings is 1. The third kappa shape index (κ3) is 2.50. The molecule has 0 saturated heterocycles. The van der Waals surface area contributed by atoms with Crippen molar-refractivity contribution in [3.8, 4) is 5.69 Å². The molecule has 0 spiro atoms. The quantitative estimate of drug-likeness (QED) is 0.846. The summed E-state index contributed by atoms with van der Waals surface area (Å²) in [6.07, 6.45) is 0. The van der Waals surface area contributed by atoms with E-state index in [4.69, 9.17) is 18.0 Å². The Labute approximate surface area is 112 Å². The second-order valence-electron chi connectivity index (χ2n) is 3.87. The van der Waals surface area contributed by atoms with Gasteiger partial charge in [0.25, 0.3) is 0 Å². The summed E-state index contributed by atoms with van der Waals surface area (Å²) in [7, 11) is 0. The Morgan fingerprint density at radius 1 is 1.32 bits per heavy atom. The fourth-order valence-corrected chi connectivity index (χ4v) is 1.74. The highest BCUT2D eigenvalue weighted by Gasteiger charge is 2.11. The van der Waals surface area contributed by atoms with Crippen molar-refractivity contribution in [1.82, 2.24) is 9.78 Å². The molecule has 2 N–H and O–H groups in total. The summed E-state index contributed by atoms with van der Waals surface area (Å²) in [6, 6.07) is 4.57. The van der Waals surface area contributed by atoms with E-state index in [1.54, 1.807) is 6.92 Å². The first-order chi connectivity index (χ1) is 8.90. The van der Waals surface area contributed by atoms with Crippen LogP contribution in [0.5, 0.6) is 0 Å². The lowest BCUT2D eigenvalue weighted by molar-refractivity contribution is 0.507. The SMILES string of the molecule is Cc1cc(=O)c(C(N)=S)nn1-c1ccc(F)c(F)c1. The molecule has 0 aliphatic heterocycles. The Bertz CT molecular complexity index is 727. The van der Waals surface area contributed by atoms with Crippen LogP contribution < -0.4 is 11.2 Å². The molecule has 0 amide bonds. The van der Waals surface area contributed by atoms with Crippen LogP contribution in [0.15, 0.2) is 29.1 Å². The molecule has 1 heterocycles. The molecule has 7 heteroatoms. The highest BCUT2D eigenvalue weighted by atomic mass is 32.1. The molecule has 0 aliphatic carbocycles. The standard InChI is InChI=1S/C12H9F2N3OS/c1-6-4-10(18)11(12(15)19)16-17(6)7-2-3-8(13)9(14)5-7/h2-5H,1H3,(H2,15,19). The van der Waals surface area contributed by atoms with Gasteiger partial charge in [-0.15, -0.1) is 0 Å². The van der Waals surface area contributed by atoms with Gasteiger partial charge in [-0.25, -0.2) is 13.5 Å². The van der Waals surface area contributed by atoms with Crippen molar-refractivity contribution in [1.29, 1.82) is 0 Å². The van der Waals surface area contributed by atoms with Crippen LogP contribution in [0.3, 0.4) is 0 Å². The zero-order chi connectivity index (χ0) is 14.2. The van der Waals surface area contributed by atoms with Gasteiger partial charge in [0.2, 0.25) is 5.43 Å². The minimum atomic E-state index is -1.01. The third-order valence-electron chi connectivity index (χ3n) is 2.49. The van der Waals surface area contributed by atoms with Gasteiger partial charge in [0.15, 0.2) is 17.3 Å². The Morgan fingerprint density at radius 2 is 2.00 bits per heavy atom. The van der Waals surface area contributed by atoms with Crippen molar-refractivity contribution in [2.45, 2.75) is 6.92 Å². The Balaban J connectivity index is 2.68. The summed E-state index contributed by atoms with van der Waals surface area (Å²) < 4.78 is 27.4. The second-order valence-corrected chi connectivity index (χ2v) is 4.31. The summed E-state index contributed by atoms with van der Waals surface area (Å²) in [4.78, 5) is 11.5. The molecule has 0 bridgehead atoms. The lowest BCUT2D eigenvalue weighted by atomic mass is 10.2. The second kappa shape index (κ2) is 4.85. The predicted molar refractivity (Wildman–Crippen MR) is 70.4 cm³/mol. The Morgan fingerprint density at radius 3 is 2.58 bits per heavy atom. The minimum Gasteiger partial charge on any atom is -0.388 e. The fraction of sp³-hybridized carbons (Fsp3) is 0.0833. The van der Waals surface area contributed by atoms with Gasteiger partial charge >= 0.3 is 0 Å². The van der Waals surface area contributed by atoms with Crippen LogP contribution in [0.4, 0.5) is 8.78 Å². The van der Waals surface area contributed by atoms with Crippen LogP contribution in [0.2, 0.25) is 0 Å². The van der Waals surface area contributed by atoms with Crippen LogP contribution in [-0.2, 0) is 0 Å². The maximum atomic E-state index is 13.2. The lowest BCUT2D eigenvalue weighted by Gasteiger charge is -2.10. The zero-order valence-electron chi connectivity index (χ0n) is 9.85. The van der Waals surface area contributed by atoms with E-state index in [1.165, 1.54) is 16.8 Å². The summed E-state index contributed by atoms with van der Waals surface area (Å²) >= 11 is 4.72. The van der Waals surface area contributed by atoms with E-state index in [2.05, 4.69) is 5.10 Å². The first-order valence-corrected chi connectivity index (χ1v) is 5.67. The van der Waals surface area contributed by atoms with Crippen LogP contribution in [0.1, 0.15) is 11.4 Å². The van der Waals surface area contributed by atoms with E-state index in [1.807, 2.05) is 0 Å². The van der Waals surface area contributed by atoms with E-state index in [0.29, 0.717) is 5.69 Å². The topological polar surface area (TPSA) is 60.9 Å². The van der Waals surface area contributed by atoms with Gasteiger partial charge in [-0.2, -0.15) is 5.10 Å². The summed E-state index contributed by atoms with van der Waals surface area (Å²) in [5.74, 6) is -1.97. The first-order valence-electron chi connectivity index (χ1n) is 5.26. The molecule has 0 saturated carbocycles. The average molecular weight is 281 g/mol. The highest BCUT2D eigenvalue weighted by Crippen LogP contribution is 2.13. The number of hydrogen-bond donors (Lipinski definition) is 1. The van der Waals surface area contributed by atoms with Gasteiger partial charge in [0, 0.05) is 17.8 Å². The molecule has 0 unspecified atom stereocenters. The third-order valence-corrected chi connectivity index (χ3v) is 2.68. The molecule has 4 nitrogen and oxygen atoms in total. The molecule has 98 valence electrons. The number of halogens is 2. The fourth-order valence-electron chi connectivity index (χ4n) is 1.60. The van der Waals surface area contributed by atoms with Gasteiger partial charge < -0.3 is 5.73 Å². The molecule has 19 heavy (non-hydrogen) atoms. The molecule has 0 radical (unpaired) electrons. The van der Waals surface area contributed by atoms with E-state index >= 15 is 0 Å². The van der Waals surface area contributed by atoms with Crippen LogP contribution >= 0.6 is 12.2 Å². The van der Waals surface area contributed by atoms with Gasteiger partial charge in [-0.3, -0.25) is 4.79 Å². The molecule has 0 aliphatic rings. The van der Waals surface area contributed by atoms with Crippen molar-refractivity contribution in [3.63, 3.8) is 0 Å². The van der Waals surface area contributed by atoms with Crippen molar-refractivity contribution < 1.29 is 8.78 Å². The van der Waals surface area contributed by atoms with Crippen LogP contribution in [0.25, 0.3) is 5.69 Å². The van der Waals surface area contributed by atoms with Crippen LogP contribution in [-0.4, -0.2) is 14.8 Å². The maximum absolute atomic E-state index is 13.2. The van der Waals surface area contributed by atoms with Gasteiger partial charge in [-0.1, -0.05) is 12.2 Å². The van der Waals surface area contributed by atoms with E-state index in [-0.39, 0.29) is 16.4 Å². The largest absolute Gasteiger partial charge is 0.388 e. The number of thiocarbonyl (C=S) groups is 1. The van der Waals surface area contributed by atoms with Crippen molar-refractivity contribution in [2.24, 2.45) is 5.73 Å². The highest BCUT2D eigenvalue weighted by molar-refractivity contribution is 7.80. The Hall–Kier alpha value is -2.15. The number of hydrogen-bond acceptors (Lipinski definition) is 3. The van der Waals surface area contributed by atoms with E-state index in [0.717, 1.165) is 12.1 Å². The first kappa shape index (κ1) is 13.3. The zero-order valence-corrected chi connectivity index (χ0v) is 10.7. The van der Waals surface area contributed by atoms with E-state index in [9.17, 15) is 13.6 Å². The number of aryl methyl sites for hydroxylation is 1. The minimum absolute atomic E-state index is 0.0923. The maximum Gasteiger partial charge on any atom is 0.210 e. The number of nitrogens with two attached hydrogens (primary N) is 1. The average Bonchev–Trinajstić information content (AvgIpc) is 2.32. The van der Waals surface area contributed by atoms with Crippen molar-refractivity contribution in [2.75, 3.05) is 0 Å². The van der Waals surface area contributed by atoms with Crippen molar-refractivity contribution >= 4 is 17.2 Å². The molecule has 1 aromatic carbocycles. The molecule has 0 fully saturated rings. The monoisotopic (exact) mass is 281 g/mol. The molecule has 1 aromatic heterocycles. The molecule has 0 atom stereocenters. The molecule has 2 rings (SSSR count). The van der Waals surface area contributed by atoms with Gasteiger partial charge in [-0.05, 0) is 19.1 Å². The van der Waals surface area contributed by atoms with Crippen molar-refractivity contribution in [3.05, 3.63) is 57.5 Å². The lowest BCUT2D eigenvalue weighted by Crippen LogP contribution is -2.26. The normalized spacial score (nSPS) is 10.5. The number of aromatic nitrogens is 2. The summed E-state index contributed by atoms with van der Waals surface area (Å²) in [6.45, 7) is 1.61. The predicted octanol–water partition coefficient (Wildman–Crippen LogP) is 1.45.